The lowest BCUT2D eigenvalue weighted by Crippen LogP contribution is -2.64. The molecule has 8 heteroatoms. The van der Waals surface area contributed by atoms with Crippen LogP contribution in [0.25, 0.3) is 0 Å². The smallest absolute Gasteiger partial charge is 0.358 e. The lowest BCUT2D eigenvalue weighted by molar-refractivity contribution is -0.144. The van der Waals surface area contributed by atoms with E-state index in [1.165, 1.54) is 23.7 Å². The van der Waals surface area contributed by atoms with E-state index in [0.29, 0.717) is 6.61 Å². The topological polar surface area (TPSA) is 106 Å². The molecule has 3 rings (SSSR count). The summed E-state index contributed by atoms with van der Waals surface area (Å²) >= 11 is 0. The monoisotopic (exact) mass is 322 g/mol. The fraction of sp³-hybridized carbons (Fsp3) is 0.733. The summed E-state index contributed by atoms with van der Waals surface area (Å²) in [6.45, 7) is 2.68. The van der Waals surface area contributed by atoms with E-state index in [9.17, 15) is 9.59 Å². The SMILES string of the molecule is CCOC1CC(NC(=O)Cn2cc(C(=O)O)nn2)C12CCCC2. The van der Waals surface area contributed by atoms with Crippen LogP contribution in [0.5, 0.6) is 0 Å². The summed E-state index contributed by atoms with van der Waals surface area (Å²) in [5, 5.41) is 19.0. The standard InChI is InChI=1S/C15H22N4O4/c1-2-23-12-7-11(15(12)5-3-4-6-15)16-13(20)9-19-8-10(14(21)22)17-18-19/h8,11-12H,2-7,9H2,1H3,(H,16,20)(H,21,22). The van der Waals surface area contributed by atoms with E-state index in [4.69, 9.17) is 9.84 Å². The molecule has 1 amide bonds. The van der Waals surface area contributed by atoms with Gasteiger partial charge in [-0.3, -0.25) is 4.79 Å². The number of carbonyl (C=O) groups excluding carboxylic acids is 1. The van der Waals surface area contributed by atoms with E-state index in [-0.39, 0.29) is 35.7 Å². The molecular formula is C15H22N4O4. The van der Waals surface area contributed by atoms with Crippen molar-refractivity contribution >= 4 is 11.9 Å². The van der Waals surface area contributed by atoms with E-state index >= 15 is 0 Å². The summed E-state index contributed by atoms with van der Waals surface area (Å²) < 4.78 is 7.08. The van der Waals surface area contributed by atoms with E-state index in [1.807, 2.05) is 6.92 Å². The van der Waals surface area contributed by atoms with Gasteiger partial charge in [-0.05, 0) is 26.2 Å². The first-order valence-electron chi connectivity index (χ1n) is 8.09. The first-order valence-corrected chi connectivity index (χ1v) is 8.09. The van der Waals surface area contributed by atoms with Crippen LogP contribution in [0, 0.1) is 5.41 Å². The number of aromatic nitrogens is 3. The molecule has 2 unspecified atom stereocenters. The van der Waals surface area contributed by atoms with Gasteiger partial charge in [0.05, 0.1) is 12.3 Å². The lowest BCUT2D eigenvalue weighted by Gasteiger charge is -2.54. The second-order valence-corrected chi connectivity index (χ2v) is 6.35. The number of carbonyl (C=O) groups is 2. The molecule has 1 aromatic heterocycles. The average molecular weight is 322 g/mol. The second-order valence-electron chi connectivity index (χ2n) is 6.35. The number of hydrogen-bond acceptors (Lipinski definition) is 5. The molecule has 8 nitrogen and oxygen atoms in total. The van der Waals surface area contributed by atoms with Gasteiger partial charge in [-0.25, -0.2) is 9.48 Å². The van der Waals surface area contributed by atoms with E-state index in [0.717, 1.165) is 19.3 Å². The molecular weight excluding hydrogens is 300 g/mol. The molecule has 2 aliphatic rings. The van der Waals surface area contributed by atoms with E-state index in [2.05, 4.69) is 15.6 Å². The normalized spacial score (nSPS) is 25.3. The quantitative estimate of drug-likeness (QED) is 0.803. The van der Waals surface area contributed by atoms with Gasteiger partial charge in [0.25, 0.3) is 0 Å². The maximum absolute atomic E-state index is 12.2. The predicted molar refractivity (Wildman–Crippen MR) is 79.8 cm³/mol. The Balaban J connectivity index is 1.58. The number of carboxylic acid groups (broad SMARTS) is 1. The second kappa shape index (κ2) is 6.27. The zero-order chi connectivity index (χ0) is 16.4. The Hall–Kier alpha value is -1.96. The molecule has 2 fully saturated rings. The number of ether oxygens (including phenoxy) is 1. The van der Waals surface area contributed by atoms with Crippen molar-refractivity contribution in [2.75, 3.05) is 6.61 Å². The molecule has 2 N–H and O–H groups in total. The first kappa shape index (κ1) is 15.9. The molecule has 1 spiro atoms. The Morgan fingerprint density at radius 3 is 2.83 bits per heavy atom. The van der Waals surface area contributed by atoms with Crippen molar-refractivity contribution in [2.45, 2.75) is 57.7 Å². The van der Waals surface area contributed by atoms with Gasteiger partial charge in [0.15, 0.2) is 5.69 Å². The van der Waals surface area contributed by atoms with Gasteiger partial charge in [0.1, 0.15) is 6.54 Å². The zero-order valence-electron chi connectivity index (χ0n) is 13.2. The lowest BCUT2D eigenvalue weighted by atomic mass is 9.60. The Bertz CT molecular complexity index is 594. The molecule has 0 aliphatic heterocycles. The maximum atomic E-state index is 12.2. The number of amides is 1. The number of carboxylic acids is 1. The summed E-state index contributed by atoms with van der Waals surface area (Å²) in [4.78, 5) is 23.0. The highest BCUT2D eigenvalue weighted by Gasteiger charge is 2.57. The highest BCUT2D eigenvalue weighted by atomic mass is 16.5. The highest BCUT2D eigenvalue weighted by molar-refractivity contribution is 5.84. The molecule has 2 atom stereocenters. The maximum Gasteiger partial charge on any atom is 0.358 e. The molecule has 0 bridgehead atoms. The van der Waals surface area contributed by atoms with Gasteiger partial charge < -0.3 is 15.2 Å². The molecule has 0 saturated heterocycles. The molecule has 126 valence electrons. The van der Waals surface area contributed by atoms with Crippen LogP contribution in [0.3, 0.4) is 0 Å². The van der Waals surface area contributed by atoms with Crippen molar-refractivity contribution in [3.8, 4) is 0 Å². The van der Waals surface area contributed by atoms with Crippen molar-refractivity contribution in [3.05, 3.63) is 11.9 Å². The largest absolute Gasteiger partial charge is 0.476 e. The Morgan fingerprint density at radius 1 is 1.48 bits per heavy atom. The predicted octanol–water partition coefficient (Wildman–Crippen LogP) is 0.830. The van der Waals surface area contributed by atoms with Gasteiger partial charge in [0, 0.05) is 18.1 Å². The number of hydrogen-bond donors (Lipinski definition) is 2. The molecule has 1 aromatic rings. The molecule has 1 heterocycles. The van der Waals surface area contributed by atoms with Crippen LogP contribution in [-0.2, 0) is 16.1 Å². The number of nitrogens with one attached hydrogen (secondary N) is 1. The van der Waals surface area contributed by atoms with E-state index < -0.39 is 5.97 Å². The van der Waals surface area contributed by atoms with Crippen LogP contribution in [0.4, 0.5) is 0 Å². The van der Waals surface area contributed by atoms with Crippen molar-refractivity contribution < 1.29 is 19.4 Å². The minimum atomic E-state index is -1.15. The van der Waals surface area contributed by atoms with Crippen LogP contribution >= 0.6 is 0 Å². The third-order valence-electron chi connectivity index (χ3n) is 5.09. The van der Waals surface area contributed by atoms with Gasteiger partial charge in [-0.15, -0.1) is 5.10 Å². The number of aromatic carboxylic acids is 1. The summed E-state index contributed by atoms with van der Waals surface area (Å²) in [6, 6.07) is 0.136. The van der Waals surface area contributed by atoms with Crippen LogP contribution in [-0.4, -0.2) is 50.7 Å². The van der Waals surface area contributed by atoms with Crippen molar-refractivity contribution in [3.63, 3.8) is 0 Å². The van der Waals surface area contributed by atoms with Crippen molar-refractivity contribution in [1.82, 2.24) is 20.3 Å². The number of rotatable bonds is 6. The molecule has 2 saturated carbocycles. The van der Waals surface area contributed by atoms with Gasteiger partial charge >= 0.3 is 5.97 Å². The molecule has 0 radical (unpaired) electrons. The van der Waals surface area contributed by atoms with Crippen LogP contribution in [0.1, 0.15) is 49.5 Å². The van der Waals surface area contributed by atoms with Gasteiger partial charge in [-0.1, -0.05) is 18.1 Å². The highest BCUT2D eigenvalue weighted by Crippen LogP contribution is 2.54. The van der Waals surface area contributed by atoms with Gasteiger partial charge in [0.2, 0.25) is 5.91 Å². The fourth-order valence-corrected chi connectivity index (χ4v) is 3.95. The van der Waals surface area contributed by atoms with Crippen molar-refractivity contribution in [1.29, 1.82) is 0 Å². The average Bonchev–Trinajstić information content (AvgIpc) is 3.16. The summed E-state index contributed by atoms with van der Waals surface area (Å²) in [5.41, 5.74) is -0.0783. The minimum Gasteiger partial charge on any atom is -0.476 e. The Labute approximate surface area is 134 Å². The third kappa shape index (κ3) is 2.95. The fourth-order valence-electron chi connectivity index (χ4n) is 3.95. The van der Waals surface area contributed by atoms with Crippen LogP contribution < -0.4 is 5.32 Å². The third-order valence-corrected chi connectivity index (χ3v) is 5.09. The summed E-state index contributed by atoms with van der Waals surface area (Å²) in [5.74, 6) is -1.32. The molecule has 0 aromatic carbocycles. The zero-order valence-corrected chi connectivity index (χ0v) is 13.2. The summed E-state index contributed by atoms with van der Waals surface area (Å²) in [6.07, 6.45) is 6.89. The molecule has 23 heavy (non-hydrogen) atoms. The number of nitrogens with zero attached hydrogens (tertiary/aromatic N) is 3. The minimum absolute atomic E-state index is 0.0217. The molecule has 2 aliphatic carbocycles. The summed E-state index contributed by atoms with van der Waals surface area (Å²) in [7, 11) is 0. The Morgan fingerprint density at radius 2 is 2.22 bits per heavy atom. The van der Waals surface area contributed by atoms with Gasteiger partial charge in [-0.2, -0.15) is 0 Å². The Kier molecular flexibility index (Phi) is 4.34. The van der Waals surface area contributed by atoms with Crippen molar-refractivity contribution in [2.24, 2.45) is 5.41 Å². The van der Waals surface area contributed by atoms with Crippen LogP contribution in [0.2, 0.25) is 0 Å². The first-order chi connectivity index (χ1) is 11.0. The van der Waals surface area contributed by atoms with E-state index in [1.54, 1.807) is 0 Å². The van der Waals surface area contributed by atoms with Crippen LogP contribution in [0.15, 0.2) is 6.20 Å².